The summed E-state index contributed by atoms with van der Waals surface area (Å²) in [5.74, 6) is -0.190. The van der Waals surface area contributed by atoms with E-state index in [0.717, 1.165) is 17.5 Å². The summed E-state index contributed by atoms with van der Waals surface area (Å²) in [6.07, 6.45) is -10.7. The van der Waals surface area contributed by atoms with Crippen molar-refractivity contribution in [2.45, 2.75) is 76.8 Å². The molecule has 9 heteroatoms. The minimum absolute atomic E-state index is 0.0139. The largest absolute Gasteiger partial charge is 0.435 e. The second-order valence-corrected chi connectivity index (χ2v) is 9.09. The monoisotopic (exact) mass is 502 g/mol. The fourth-order valence-electron chi connectivity index (χ4n) is 4.85. The number of hydrogen-bond donors (Lipinski definition) is 0. The molecule has 0 N–H and O–H groups in total. The van der Waals surface area contributed by atoms with Crippen LogP contribution in [0.3, 0.4) is 0 Å². The number of benzene rings is 2. The molecule has 2 nitrogen and oxygen atoms in total. The molecule has 0 saturated carbocycles. The maximum absolute atomic E-state index is 14.6. The summed E-state index contributed by atoms with van der Waals surface area (Å²) < 4.78 is 93.9. The van der Waals surface area contributed by atoms with E-state index in [1.54, 1.807) is 18.2 Å². The van der Waals surface area contributed by atoms with E-state index in [0.29, 0.717) is 30.5 Å². The number of ketones is 2. The van der Waals surface area contributed by atoms with Crippen molar-refractivity contribution in [3.8, 4) is 0 Å². The Hall–Kier alpha value is -2.71. The third-order valence-electron chi connectivity index (χ3n) is 6.66. The summed E-state index contributed by atoms with van der Waals surface area (Å²) in [5.41, 5.74) is -4.44. The van der Waals surface area contributed by atoms with Gasteiger partial charge in [0.2, 0.25) is 0 Å². The Labute approximate surface area is 198 Å². The Morgan fingerprint density at radius 3 is 2.14 bits per heavy atom. The van der Waals surface area contributed by atoms with Crippen molar-refractivity contribution in [3.63, 3.8) is 0 Å². The second-order valence-electron chi connectivity index (χ2n) is 9.09. The number of fused-ring (bicyclic) bond motifs is 1. The number of carbonyl (C=O) groups excluding carboxylic acids is 2. The third-order valence-corrected chi connectivity index (χ3v) is 6.66. The van der Waals surface area contributed by atoms with Crippen molar-refractivity contribution < 1.29 is 40.3 Å². The van der Waals surface area contributed by atoms with Gasteiger partial charge >= 0.3 is 18.0 Å². The highest BCUT2D eigenvalue weighted by Crippen LogP contribution is 2.53. The first-order chi connectivity index (χ1) is 16.1. The van der Waals surface area contributed by atoms with Gasteiger partial charge in [0.15, 0.2) is 5.78 Å². The van der Waals surface area contributed by atoms with Crippen LogP contribution in [0.2, 0.25) is 0 Å². The van der Waals surface area contributed by atoms with Crippen molar-refractivity contribution in [2.75, 3.05) is 0 Å². The number of alkyl halides is 7. The second kappa shape index (κ2) is 9.39. The lowest BCUT2D eigenvalue weighted by Crippen LogP contribution is -2.50. The number of carbonyl (C=O) groups is 2. The lowest BCUT2D eigenvalue weighted by Gasteiger charge is -2.31. The molecule has 190 valence electrons. The lowest BCUT2D eigenvalue weighted by molar-refractivity contribution is -0.348. The van der Waals surface area contributed by atoms with E-state index in [-0.39, 0.29) is 47.0 Å². The fraction of sp³-hybridized carbons (Fsp3) is 0.462. The van der Waals surface area contributed by atoms with E-state index in [9.17, 15) is 40.3 Å². The summed E-state index contributed by atoms with van der Waals surface area (Å²) in [6.45, 7) is 4.30. The van der Waals surface area contributed by atoms with E-state index in [2.05, 4.69) is 0 Å². The average molecular weight is 502 g/mol. The Morgan fingerprint density at radius 2 is 1.60 bits per heavy atom. The average Bonchev–Trinajstić information content (AvgIpc) is 3.13. The van der Waals surface area contributed by atoms with E-state index in [1.165, 1.54) is 20.8 Å². The molecular formula is C26H25F7O2. The molecule has 1 unspecified atom stereocenters. The van der Waals surface area contributed by atoms with E-state index >= 15 is 0 Å². The predicted molar refractivity (Wildman–Crippen MR) is 116 cm³/mol. The van der Waals surface area contributed by atoms with Gasteiger partial charge in [0.25, 0.3) is 0 Å². The number of aryl methyl sites for hydroxylation is 3. The SMILES string of the molecule is CCc1cc(C(F)(C(F)(F)F)C(F)(F)F)cc(C)c1CC(=O)c1ccc2c(c1)CCC2CC(C)=O. The van der Waals surface area contributed by atoms with E-state index in [1.807, 2.05) is 0 Å². The van der Waals surface area contributed by atoms with Gasteiger partial charge in [0.1, 0.15) is 5.78 Å². The van der Waals surface area contributed by atoms with Crippen LogP contribution >= 0.6 is 0 Å². The summed E-state index contributed by atoms with van der Waals surface area (Å²) in [4.78, 5) is 24.5. The van der Waals surface area contributed by atoms with Gasteiger partial charge < -0.3 is 4.79 Å². The highest BCUT2D eigenvalue weighted by molar-refractivity contribution is 5.98. The highest BCUT2D eigenvalue weighted by Gasteiger charge is 2.73. The molecule has 2 aromatic rings. The zero-order valence-electron chi connectivity index (χ0n) is 19.5. The van der Waals surface area contributed by atoms with Crippen molar-refractivity contribution in [3.05, 3.63) is 69.3 Å². The van der Waals surface area contributed by atoms with Crippen LogP contribution in [-0.2, 0) is 29.7 Å². The molecule has 0 heterocycles. The lowest BCUT2D eigenvalue weighted by atomic mass is 9.85. The topological polar surface area (TPSA) is 34.1 Å². The van der Waals surface area contributed by atoms with Gasteiger partial charge in [-0.3, -0.25) is 4.79 Å². The molecule has 0 saturated heterocycles. The van der Waals surface area contributed by atoms with Crippen LogP contribution in [0.25, 0.3) is 0 Å². The number of halogens is 7. The zero-order chi connectivity index (χ0) is 26.3. The molecular weight excluding hydrogens is 477 g/mol. The Bertz CT molecular complexity index is 1130. The maximum Gasteiger partial charge on any atom is 0.435 e. The van der Waals surface area contributed by atoms with Crippen LogP contribution in [0.4, 0.5) is 30.7 Å². The molecule has 1 aliphatic carbocycles. The van der Waals surface area contributed by atoms with Crippen molar-refractivity contribution >= 4 is 11.6 Å². The number of hydrogen-bond acceptors (Lipinski definition) is 2. The third kappa shape index (κ3) is 5.00. The first kappa shape index (κ1) is 26.9. The smallest absolute Gasteiger partial charge is 0.300 e. The van der Waals surface area contributed by atoms with Crippen LogP contribution < -0.4 is 0 Å². The van der Waals surface area contributed by atoms with Gasteiger partial charge in [0.05, 0.1) is 0 Å². The minimum atomic E-state index is -6.20. The van der Waals surface area contributed by atoms with Crippen LogP contribution in [0.1, 0.15) is 76.3 Å². The van der Waals surface area contributed by atoms with Crippen molar-refractivity contribution in [2.24, 2.45) is 0 Å². The van der Waals surface area contributed by atoms with Crippen LogP contribution in [-0.4, -0.2) is 23.9 Å². The molecule has 0 aromatic heterocycles. The van der Waals surface area contributed by atoms with E-state index in [4.69, 9.17) is 0 Å². The molecule has 35 heavy (non-hydrogen) atoms. The van der Waals surface area contributed by atoms with Gasteiger partial charge in [-0.2, -0.15) is 26.3 Å². The Morgan fingerprint density at radius 1 is 0.971 bits per heavy atom. The van der Waals surface area contributed by atoms with Crippen LogP contribution in [0.15, 0.2) is 30.3 Å². The molecule has 0 bridgehead atoms. The quantitative estimate of drug-likeness (QED) is 0.295. The fourth-order valence-corrected chi connectivity index (χ4v) is 4.85. The normalized spacial score (nSPS) is 16.3. The highest BCUT2D eigenvalue weighted by atomic mass is 19.4. The molecule has 0 radical (unpaired) electrons. The van der Waals surface area contributed by atoms with Crippen molar-refractivity contribution in [1.82, 2.24) is 0 Å². The molecule has 0 fully saturated rings. The van der Waals surface area contributed by atoms with Gasteiger partial charge in [-0.1, -0.05) is 31.2 Å². The van der Waals surface area contributed by atoms with Crippen molar-refractivity contribution in [1.29, 1.82) is 0 Å². The first-order valence-electron chi connectivity index (χ1n) is 11.2. The molecule has 0 spiro atoms. The summed E-state index contributed by atoms with van der Waals surface area (Å²) >= 11 is 0. The maximum atomic E-state index is 14.6. The summed E-state index contributed by atoms with van der Waals surface area (Å²) in [7, 11) is 0. The summed E-state index contributed by atoms with van der Waals surface area (Å²) in [6, 6.07) is 6.23. The Kier molecular flexibility index (Phi) is 7.21. The van der Waals surface area contributed by atoms with E-state index < -0.39 is 23.6 Å². The molecule has 3 rings (SSSR count). The van der Waals surface area contributed by atoms with Crippen LogP contribution in [0, 0.1) is 6.92 Å². The number of Topliss-reactive ketones (excluding diaryl/α,β-unsaturated/α-hetero) is 2. The van der Waals surface area contributed by atoms with Crippen LogP contribution in [0.5, 0.6) is 0 Å². The van der Waals surface area contributed by atoms with Gasteiger partial charge in [-0.05, 0) is 72.9 Å². The minimum Gasteiger partial charge on any atom is -0.300 e. The molecule has 1 atom stereocenters. The molecule has 0 aliphatic heterocycles. The number of rotatable bonds is 7. The van der Waals surface area contributed by atoms with Gasteiger partial charge in [0, 0.05) is 24.0 Å². The molecule has 2 aromatic carbocycles. The zero-order valence-corrected chi connectivity index (χ0v) is 19.5. The van der Waals surface area contributed by atoms with Gasteiger partial charge in [-0.15, -0.1) is 0 Å². The first-order valence-corrected chi connectivity index (χ1v) is 11.2. The van der Waals surface area contributed by atoms with Gasteiger partial charge in [-0.25, -0.2) is 4.39 Å². The summed E-state index contributed by atoms with van der Waals surface area (Å²) in [5, 5.41) is 0. The molecule has 1 aliphatic rings. The molecule has 0 amide bonds. The Balaban J connectivity index is 1.95. The standard InChI is InChI=1S/C26H25F7O2/c1-4-16-12-20(24(27,25(28,29)30)26(31,32)33)9-14(2)22(16)13-23(35)19-7-8-21-17(10-15(3)34)5-6-18(21)11-19/h7-9,11-12,17H,4-6,10,13H2,1-3H3. The predicted octanol–water partition coefficient (Wildman–Crippen LogP) is 7.28.